The smallest absolute Gasteiger partial charge is 0.326 e. The Kier molecular flexibility index (Phi) is 13.4. The maximum absolute atomic E-state index is 13.1. The molecule has 190 valence electrons. The second-order valence-corrected chi connectivity index (χ2v) is 9.94. The molecule has 0 aromatic heterocycles. The molecule has 33 heavy (non-hydrogen) atoms. The van der Waals surface area contributed by atoms with E-state index >= 15 is 0 Å². The second-order valence-electron chi connectivity index (χ2n) is 8.95. The van der Waals surface area contributed by atoms with E-state index in [2.05, 4.69) is 10.6 Å². The number of nitrogens with two attached hydrogens (primary N) is 2. The molecule has 11 heteroatoms. The monoisotopic (exact) mass is 487 g/mol. The van der Waals surface area contributed by atoms with Crippen LogP contribution in [0.5, 0.6) is 0 Å². The van der Waals surface area contributed by atoms with E-state index in [1.165, 1.54) is 16.7 Å². The number of amides is 3. The average Bonchev–Trinajstić information content (AvgIpc) is 3.25. The number of hydrogen-bond acceptors (Lipinski definition) is 7. The van der Waals surface area contributed by atoms with Crippen molar-refractivity contribution in [2.24, 2.45) is 17.4 Å². The van der Waals surface area contributed by atoms with Crippen molar-refractivity contribution in [3.05, 3.63) is 0 Å². The SMILES string of the molecule is CSCCC(NC(=O)C1CCCN1C(=O)C(N)CCCCN)C(=O)NC(CC(C)C)C(=O)O. The van der Waals surface area contributed by atoms with Gasteiger partial charge in [-0.2, -0.15) is 11.8 Å². The molecule has 1 aliphatic rings. The van der Waals surface area contributed by atoms with Gasteiger partial charge in [-0.1, -0.05) is 20.3 Å². The molecule has 7 N–H and O–H groups in total. The summed E-state index contributed by atoms with van der Waals surface area (Å²) in [6.07, 6.45) is 5.73. The third-order valence-corrected chi connectivity index (χ3v) is 6.33. The third-order valence-electron chi connectivity index (χ3n) is 5.69. The zero-order valence-electron chi connectivity index (χ0n) is 20.0. The van der Waals surface area contributed by atoms with Crippen LogP contribution in [0.4, 0.5) is 0 Å². The van der Waals surface area contributed by atoms with Gasteiger partial charge in [-0.3, -0.25) is 14.4 Å². The lowest BCUT2D eigenvalue weighted by atomic mass is 10.0. The zero-order valence-corrected chi connectivity index (χ0v) is 20.9. The molecule has 0 aromatic carbocycles. The van der Waals surface area contributed by atoms with Gasteiger partial charge in [0, 0.05) is 6.54 Å². The highest BCUT2D eigenvalue weighted by atomic mass is 32.2. The number of hydrogen-bond donors (Lipinski definition) is 5. The first-order valence-corrected chi connectivity index (χ1v) is 13.1. The first kappa shape index (κ1) is 29.2. The standard InChI is InChI=1S/C22H41N5O5S/c1-14(2)13-17(22(31)32)26-19(28)16(9-12-33-3)25-20(29)18-8-6-11-27(18)21(30)15(24)7-4-5-10-23/h14-18H,4-13,23-24H2,1-3H3,(H,25,29)(H,26,28)(H,31,32). The van der Waals surface area contributed by atoms with Crippen molar-refractivity contribution in [1.29, 1.82) is 0 Å². The van der Waals surface area contributed by atoms with Gasteiger partial charge in [0.2, 0.25) is 17.7 Å². The van der Waals surface area contributed by atoms with Crippen LogP contribution in [0.1, 0.15) is 58.8 Å². The first-order valence-electron chi connectivity index (χ1n) is 11.7. The van der Waals surface area contributed by atoms with Crippen molar-refractivity contribution in [2.45, 2.75) is 83.0 Å². The molecule has 1 saturated heterocycles. The number of rotatable bonds is 15. The Bertz CT molecular complexity index is 663. The first-order chi connectivity index (χ1) is 15.6. The van der Waals surface area contributed by atoms with Gasteiger partial charge in [0.25, 0.3) is 0 Å². The van der Waals surface area contributed by atoms with E-state index < -0.39 is 42.0 Å². The van der Waals surface area contributed by atoms with Gasteiger partial charge in [-0.15, -0.1) is 0 Å². The lowest BCUT2D eigenvalue weighted by molar-refractivity contribution is -0.143. The summed E-state index contributed by atoms with van der Waals surface area (Å²) in [5, 5.41) is 14.8. The number of aliphatic carboxylic acids is 1. The van der Waals surface area contributed by atoms with Crippen molar-refractivity contribution in [1.82, 2.24) is 15.5 Å². The lowest BCUT2D eigenvalue weighted by Crippen LogP contribution is -2.56. The van der Waals surface area contributed by atoms with E-state index in [1.54, 1.807) is 0 Å². The highest BCUT2D eigenvalue weighted by Crippen LogP contribution is 2.20. The summed E-state index contributed by atoms with van der Waals surface area (Å²) in [5.74, 6) is -1.62. The van der Waals surface area contributed by atoms with Crippen LogP contribution in [0, 0.1) is 5.92 Å². The fourth-order valence-corrected chi connectivity index (χ4v) is 4.36. The fraction of sp³-hybridized carbons (Fsp3) is 0.818. The highest BCUT2D eigenvalue weighted by molar-refractivity contribution is 7.98. The van der Waals surface area contributed by atoms with Gasteiger partial charge >= 0.3 is 5.97 Å². The van der Waals surface area contributed by atoms with Crippen LogP contribution in [-0.4, -0.2) is 83.0 Å². The Labute approximate surface area is 200 Å². The summed E-state index contributed by atoms with van der Waals surface area (Å²) < 4.78 is 0. The normalized spacial score (nSPS) is 18.6. The number of carbonyl (C=O) groups excluding carboxylic acids is 3. The van der Waals surface area contributed by atoms with Gasteiger partial charge in [-0.25, -0.2) is 4.79 Å². The molecule has 3 amide bonds. The number of likely N-dealkylation sites (tertiary alicyclic amines) is 1. The van der Waals surface area contributed by atoms with Crippen molar-refractivity contribution < 1.29 is 24.3 Å². The molecule has 0 aromatic rings. The predicted molar refractivity (Wildman–Crippen MR) is 130 cm³/mol. The maximum atomic E-state index is 13.1. The van der Waals surface area contributed by atoms with Crippen LogP contribution in [0.2, 0.25) is 0 Å². The summed E-state index contributed by atoms with van der Waals surface area (Å²) >= 11 is 1.52. The Morgan fingerprint density at radius 3 is 2.39 bits per heavy atom. The second kappa shape index (κ2) is 15.1. The number of thioether (sulfide) groups is 1. The number of carbonyl (C=O) groups is 4. The van der Waals surface area contributed by atoms with Gasteiger partial charge in [0.15, 0.2) is 0 Å². The summed E-state index contributed by atoms with van der Waals surface area (Å²) in [5.41, 5.74) is 11.5. The quantitative estimate of drug-likeness (QED) is 0.205. The van der Waals surface area contributed by atoms with Crippen LogP contribution in [0.25, 0.3) is 0 Å². The summed E-state index contributed by atoms with van der Waals surface area (Å²) in [6, 6.07) is -3.28. The number of nitrogens with one attached hydrogen (secondary N) is 2. The number of unbranched alkanes of at least 4 members (excludes halogenated alkanes) is 1. The Morgan fingerprint density at radius 2 is 1.82 bits per heavy atom. The molecule has 0 aliphatic carbocycles. The van der Waals surface area contributed by atoms with E-state index in [0.29, 0.717) is 44.5 Å². The van der Waals surface area contributed by atoms with Crippen molar-refractivity contribution in [3.8, 4) is 0 Å². The van der Waals surface area contributed by atoms with Crippen LogP contribution >= 0.6 is 11.8 Å². The van der Waals surface area contributed by atoms with Gasteiger partial charge in [-0.05, 0) is 63.0 Å². The highest BCUT2D eigenvalue weighted by Gasteiger charge is 2.37. The zero-order chi connectivity index (χ0) is 25.0. The van der Waals surface area contributed by atoms with Crippen LogP contribution < -0.4 is 22.1 Å². The van der Waals surface area contributed by atoms with Gasteiger partial charge in [0.05, 0.1) is 6.04 Å². The molecule has 4 atom stereocenters. The lowest BCUT2D eigenvalue weighted by Gasteiger charge is -2.28. The predicted octanol–water partition coefficient (Wildman–Crippen LogP) is 0.287. The Hall–Kier alpha value is -1.85. The maximum Gasteiger partial charge on any atom is 0.326 e. The van der Waals surface area contributed by atoms with E-state index in [-0.39, 0.29) is 18.2 Å². The van der Waals surface area contributed by atoms with Crippen LogP contribution in [0.3, 0.4) is 0 Å². The summed E-state index contributed by atoms with van der Waals surface area (Å²) in [6.45, 7) is 4.73. The molecule has 1 fully saturated rings. The summed E-state index contributed by atoms with van der Waals surface area (Å²) in [7, 11) is 0. The Morgan fingerprint density at radius 1 is 1.12 bits per heavy atom. The van der Waals surface area contributed by atoms with Crippen molar-refractivity contribution in [3.63, 3.8) is 0 Å². The molecule has 10 nitrogen and oxygen atoms in total. The minimum absolute atomic E-state index is 0.0813. The molecular weight excluding hydrogens is 446 g/mol. The van der Waals surface area contributed by atoms with Crippen LogP contribution in [-0.2, 0) is 19.2 Å². The van der Waals surface area contributed by atoms with Gasteiger partial charge < -0.3 is 32.1 Å². The van der Waals surface area contributed by atoms with Crippen molar-refractivity contribution >= 4 is 35.5 Å². The van der Waals surface area contributed by atoms with Gasteiger partial charge in [0.1, 0.15) is 18.1 Å². The minimum atomic E-state index is -1.11. The fourth-order valence-electron chi connectivity index (χ4n) is 3.89. The van der Waals surface area contributed by atoms with E-state index in [9.17, 15) is 24.3 Å². The molecule has 1 heterocycles. The number of carboxylic acids is 1. The molecular formula is C22H41N5O5S. The van der Waals surface area contributed by atoms with Crippen LogP contribution in [0.15, 0.2) is 0 Å². The largest absolute Gasteiger partial charge is 0.480 e. The molecule has 4 unspecified atom stereocenters. The molecule has 0 bridgehead atoms. The van der Waals surface area contributed by atoms with E-state index in [1.807, 2.05) is 20.1 Å². The average molecular weight is 488 g/mol. The number of carboxylic acid groups (broad SMARTS) is 1. The topological polar surface area (TPSA) is 168 Å². The molecule has 0 saturated carbocycles. The Balaban J connectivity index is 2.84. The van der Waals surface area contributed by atoms with E-state index in [0.717, 1.165) is 12.8 Å². The minimum Gasteiger partial charge on any atom is -0.480 e. The number of nitrogens with zero attached hydrogens (tertiary/aromatic N) is 1. The van der Waals surface area contributed by atoms with E-state index in [4.69, 9.17) is 11.5 Å². The third kappa shape index (κ3) is 9.89. The summed E-state index contributed by atoms with van der Waals surface area (Å²) in [4.78, 5) is 51.8. The van der Waals surface area contributed by atoms with Crippen molar-refractivity contribution in [2.75, 3.05) is 25.1 Å². The molecule has 0 spiro atoms. The molecule has 0 radical (unpaired) electrons. The molecule has 1 aliphatic heterocycles. The molecule has 1 rings (SSSR count).